The smallest absolute Gasteiger partial charge is 0.260 e. The van der Waals surface area contributed by atoms with Crippen LogP contribution < -0.4 is 9.80 Å². The summed E-state index contributed by atoms with van der Waals surface area (Å²) in [5.74, 6) is -0.393. The first-order chi connectivity index (χ1) is 13.5. The first-order valence-corrected chi connectivity index (χ1v) is 10.7. The van der Waals surface area contributed by atoms with E-state index in [2.05, 4.69) is 24.1 Å². The van der Waals surface area contributed by atoms with Crippen LogP contribution >= 0.6 is 22.7 Å². The molecule has 1 N–H and O–H groups in total. The van der Waals surface area contributed by atoms with Gasteiger partial charge in [0.1, 0.15) is 5.82 Å². The van der Waals surface area contributed by atoms with Gasteiger partial charge in [0.05, 0.1) is 46.6 Å². The Bertz CT molecular complexity index is 1140. The minimum atomic E-state index is -0.299. The van der Waals surface area contributed by atoms with Crippen LogP contribution in [0.15, 0.2) is 41.9 Å². The molecule has 1 amide bonds. The van der Waals surface area contributed by atoms with Crippen LogP contribution in [0.5, 0.6) is 0 Å². The highest BCUT2D eigenvalue weighted by Crippen LogP contribution is 2.31. The number of hydrogen-bond acceptors (Lipinski definition) is 5. The minimum Gasteiger partial charge on any atom is -0.340 e. The van der Waals surface area contributed by atoms with Gasteiger partial charge in [0.2, 0.25) is 0 Å². The van der Waals surface area contributed by atoms with Crippen molar-refractivity contribution in [2.75, 3.05) is 32.1 Å². The van der Waals surface area contributed by atoms with Crippen molar-refractivity contribution in [2.24, 2.45) is 0 Å². The highest BCUT2D eigenvalue weighted by Gasteiger charge is 2.22. The highest BCUT2D eigenvalue weighted by molar-refractivity contribution is 7.22. The molecule has 0 atom stereocenters. The molecule has 2 aromatic heterocycles. The zero-order valence-corrected chi connectivity index (χ0v) is 17.2. The van der Waals surface area contributed by atoms with Gasteiger partial charge in [0, 0.05) is 18.5 Å². The van der Waals surface area contributed by atoms with Crippen LogP contribution in [-0.4, -0.2) is 43.1 Å². The lowest BCUT2D eigenvalue weighted by molar-refractivity contribution is -0.858. The summed E-state index contributed by atoms with van der Waals surface area (Å²) in [5.41, 5.74) is 3.98. The predicted octanol–water partition coefficient (Wildman–Crippen LogP) is 3.23. The number of fused-ring (bicyclic) bond motifs is 2. The number of benzene rings is 2. The molecule has 8 heteroatoms. The molecule has 0 unspecified atom stereocenters. The molecule has 28 heavy (non-hydrogen) atoms. The molecule has 0 saturated carbocycles. The maximum atomic E-state index is 13.6. The molecular formula is C20H20FN4OS2+. The third-order valence-electron chi connectivity index (χ3n) is 4.45. The molecular weight excluding hydrogens is 395 g/mol. The fraction of sp³-hybridized carbons (Fsp3) is 0.250. The minimum absolute atomic E-state index is 0.0939. The summed E-state index contributed by atoms with van der Waals surface area (Å²) < 4.78 is 15.3. The molecule has 0 spiro atoms. The van der Waals surface area contributed by atoms with Gasteiger partial charge in [0.25, 0.3) is 5.91 Å². The standard InChI is InChI=1S/C20H19FN4OS2/c1-24(2)8-3-9-25(20-23-16-7-5-14(21)11-18(16)28-20)19(26)13-4-6-15-17(10-13)27-12-22-15/h4-7,10-12H,3,8-9H2,1-2H3/p+1. The van der Waals surface area contributed by atoms with Gasteiger partial charge in [-0.15, -0.1) is 11.3 Å². The van der Waals surface area contributed by atoms with E-state index >= 15 is 0 Å². The van der Waals surface area contributed by atoms with Crippen LogP contribution in [0.1, 0.15) is 16.8 Å². The summed E-state index contributed by atoms with van der Waals surface area (Å²) in [5, 5.41) is 0.601. The number of quaternary nitrogens is 1. The zero-order valence-electron chi connectivity index (χ0n) is 15.6. The molecule has 4 aromatic rings. The Morgan fingerprint density at radius 2 is 1.96 bits per heavy atom. The van der Waals surface area contributed by atoms with E-state index in [-0.39, 0.29) is 11.7 Å². The van der Waals surface area contributed by atoms with Crippen molar-refractivity contribution in [1.29, 1.82) is 0 Å². The average molecular weight is 416 g/mol. The predicted molar refractivity (Wildman–Crippen MR) is 113 cm³/mol. The lowest BCUT2D eigenvalue weighted by Crippen LogP contribution is -3.05. The van der Waals surface area contributed by atoms with Gasteiger partial charge in [0.15, 0.2) is 5.13 Å². The van der Waals surface area contributed by atoms with E-state index in [0.29, 0.717) is 22.8 Å². The number of carbonyl (C=O) groups excluding carboxylic acids is 1. The van der Waals surface area contributed by atoms with E-state index in [1.807, 2.05) is 18.2 Å². The summed E-state index contributed by atoms with van der Waals surface area (Å²) in [6.07, 6.45) is 0.848. The van der Waals surface area contributed by atoms with E-state index < -0.39 is 0 Å². The second kappa shape index (κ2) is 7.90. The summed E-state index contributed by atoms with van der Waals surface area (Å²) in [7, 11) is 4.18. The number of halogens is 1. The van der Waals surface area contributed by atoms with Crippen LogP contribution in [0.2, 0.25) is 0 Å². The number of hydrogen-bond donors (Lipinski definition) is 1. The fourth-order valence-electron chi connectivity index (χ4n) is 3.02. The van der Waals surface area contributed by atoms with Crippen LogP contribution in [0.4, 0.5) is 9.52 Å². The number of nitrogens with zero attached hydrogens (tertiary/aromatic N) is 3. The summed E-state index contributed by atoms with van der Waals surface area (Å²) >= 11 is 2.86. The SMILES string of the molecule is C[NH+](C)CCCN(C(=O)c1ccc2ncsc2c1)c1nc2ccc(F)cc2s1. The van der Waals surface area contributed by atoms with E-state index in [0.717, 1.165) is 27.9 Å². The van der Waals surface area contributed by atoms with Crippen LogP contribution in [0.3, 0.4) is 0 Å². The third-order valence-corrected chi connectivity index (χ3v) is 6.28. The van der Waals surface area contributed by atoms with Gasteiger partial charge in [-0.1, -0.05) is 11.3 Å². The van der Waals surface area contributed by atoms with Crippen molar-refractivity contribution >= 4 is 54.1 Å². The summed E-state index contributed by atoms with van der Waals surface area (Å²) in [6, 6.07) is 10.1. The first kappa shape index (κ1) is 18.9. The van der Waals surface area contributed by atoms with E-state index in [1.165, 1.54) is 39.7 Å². The summed E-state index contributed by atoms with van der Waals surface area (Å²) in [6.45, 7) is 1.50. The molecule has 144 valence electrons. The zero-order chi connectivity index (χ0) is 19.7. The Hall–Kier alpha value is -2.42. The average Bonchev–Trinajstić information content (AvgIpc) is 3.29. The number of aromatic nitrogens is 2. The molecule has 4 rings (SSSR count). The first-order valence-electron chi connectivity index (χ1n) is 9.01. The number of amides is 1. The Kier molecular flexibility index (Phi) is 5.34. The van der Waals surface area contributed by atoms with E-state index in [9.17, 15) is 9.18 Å². The molecule has 0 aliphatic rings. The Balaban J connectivity index is 1.69. The molecule has 0 aliphatic carbocycles. The molecule has 0 aliphatic heterocycles. The van der Waals surface area contributed by atoms with Gasteiger partial charge in [-0.05, 0) is 36.4 Å². The van der Waals surface area contributed by atoms with E-state index in [1.54, 1.807) is 16.5 Å². The van der Waals surface area contributed by atoms with Crippen molar-refractivity contribution in [3.63, 3.8) is 0 Å². The quantitative estimate of drug-likeness (QED) is 0.526. The van der Waals surface area contributed by atoms with Gasteiger partial charge < -0.3 is 4.90 Å². The molecule has 0 radical (unpaired) electrons. The number of rotatable bonds is 6. The Labute approximate surface area is 170 Å². The van der Waals surface area contributed by atoms with Crippen LogP contribution in [-0.2, 0) is 0 Å². The molecule has 0 fully saturated rings. The van der Waals surface area contributed by atoms with Crippen molar-refractivity contribution in [2.45, 2.75) is 6.42 Å². The fourth-order valence-corrected chi connectivity index (χ4v) is 4.75. The van der Waals surface area contributed by atoms with Crippen LogP contribution in [0.25, 0.3) is 20.4 Å². The molecule has 0 bridgehead atoms. The topological polar surface area (TPSA) is 50.5 Å². The van der Waals surface area contributed by atoms with Crippen molar-refractivity contribution in [1.82, 2.24) is 9.97 Å². The molecule has 0 saturated heterocycles. The number of anilines is 1. The monoisotopic (exact) mass is 415 g/mol. The van der Waals surface area contributed by atoms with Gasteiger partial charge in [-0.2, -0.15) is 0 Å². The molecule has 5 nitrogen and oxygen atoms in total. The van der Waals surface area contributed by atoms with Gasteiger partial charge in [-0.25, -0.2) is 14.4 Å². The maximum Gasteiger partial charge on any atom is 0.260 e. The van der Waals surface area contributed by atoms with Gasteiger partial charge >= 0.3 is 0 Å². The largest absolute Gasteiger partial charge is 0.340 e. The van der Waals surface area contributed by atoms with E-state index in [4.69, 9.17) is 0 Å². The maximum absolute atomic E-state index is 13.6. The lowest BCUT2D eigenvalue weighted by Gasteiger charge is -2.20. The molecule has 2 heterocycles. The second-order valence-corrected chi connectivity index (χ2v) is 8.81. The van der Waals surface area contributed by atoms with Crippen LogP contribution in [0, 0.1) is 5.82 Å². The Morgan fingerprint density at radius 3 is 2.79 bits per heavy atom. The Morgan fingerprint density at radius 1 is 1.14 bits per heavy atom. The number of nitrogens with one attached hydrogen (secondary N) is 1. The highest BCUT2D eigenvalue weighted by atomic mass is 32.1. The number of thiazole rings is 2. The van der Waals surface area contributed by atoms with Crippen molar-refractivity contribution in [3.05, 3.63) is 53.3 Å². The molecule has 2 aromatic carbocycles. The van der Waals surface area contributed by atoms with Crippen molar-refractivity contribution in [3.8, 4) is 0 Å². The summed E-state index contributed by atoms with van der Waals surface area (Å²) in [4.78, 5) is 25.2. The number of carbonyl (C=O) groups is 1. The van der Waals surface area contributed by atoms with Crippen molar-refractivity contribution < 1.29 is 14.1 Å². The normalized spacial score (nSPS) is 11.6. The second-order valence-electron chi connectivity index (χ2n) is 6.91. The third kappa shape index (κ3) is 3.89. The lowest BCUT2D eigenvalue weighted by atomic mass is 10.2. The van der Waals surface area contributed by atoms with Gasteiger partial charge in [-0.3, -0.25) is 9.69 Å².